The fraction of sp³-hybridized carbons (Fsp3) is 0.381. The van der Waals surface area contributed by atoms with E-state index in [-0.39, 0.29) is 17.1 Å². The lowest BCUT2D eigenvalue weighted by molar-refractivity contribution is -0.186. The maximum absolute atomic E-state index is 14.1. The van der Waals surface area contributed by atoms with Crippen LogP contribution < -0.4 is 4.74 Å². The van der Waals surface area contributed by atoms with Gasteiger partial charge in [-0.3, -0.25) is 19.4 Å². The number of carbonyl (C=O) groups is 3. The molecule has 170 valence electrons. The van der Waals surface area contributed by atoms with Gasteiger partial charge >= 0.3 is 17.9 Å². The molecule has 0 spiro atoms. The largest absolute Gasteiger partial charge is 0.474 e. The zero-order chi connectivity index (χ0) is 23.3. The van der Waals surface area contributed by atoms with Gasteiger partial charge in [0.2, 0.25) is 5.95 Å². The first-order valence-electron chi connectivity index (χ1n) is 9.60. The van der Waals surface area contributed by atoms with Gasteiger partial charge in [-0.1, -0.05) is 0 Å². The van der Waals surface area contributed by atoms with Gasteiger partial charge in [0.05, 0.1) is 6.20 Å². The Hall–Kier alpha value is -3.21. The lowest BCUT2D eigenvalue weighted by atomic mass is 10.1. The molecule has 2 aromatic heterocycles. The molecule has 1 fully saturated rings. The molecule has 4 atom stereocenters. The van der Waals surface area contributed by atoms with E-state index in [1.807, 2.05) is 0 Å². The van der Waals surface area contributed by atoms with Gasteiger partial charge in [0.25, 0.3) is 0 Å². The highest BCUT2D eigenvalue weighted by Gasteiger charge is 2.47. The highest BCUT2D eigenvalue weighted by atomic mass is 32.2. The molecule has 11 heteroatoms. The molecule has 0 radical (unpaired) electrons. The van der Waals surface area contributed by atoms with Gasteiger partial charge in [-0.25, -0.2) is 4.98 Å². The summed E-state index contributed by atoms with van der Waals surface area (Å²) in [5.41, 5.74) is -0.135. The zero-order valence-electron chi connectivity index (χ0n) is 17.5. The molecule has 0 unspecified atom stereocenters. The Morgan fingerprint density at radius 3 is 2.38 bits per heavy atom. The van der Waals surface area contributed by atoms with E-state index in [0.717, 1.165) is 0 Å². The third kappa shape index (κ3) is 5.94. The van der Waals surface area contributed by atoms with Crippen LogP contribution in [0.25, 0.3) is 11.1 Å². The summed E-state index contributed by atoms with van der Waals surface area (Å²) in [6.45, 7) is 3.63. The van der Waals surface area contributed by atoms with Crippen LogP contribution in [0.5, 0.6) is 5.75 Å². The van der Waals surface area contributed by atoms with Crippen LogP contribution in [0.2, 0.25) is 0 Å². The first-order valence-corrected chi connectivity index (χ1v) is 10.7. The number of halogens is 1. The molecule has 0 saturated carbocycles. The molecule has 1 aliphatic rings. The Kier molecular flexibility index (Phi) is 7.62. The van der Waals surface area contributed by atoms with E-state index in [9.17, 15) is 18.8 Å². The maximum Gasteiger partial charge on any atom is 0.303 e. The highest BCUT2D eigenvalue weighted by Crippen LogP contribution is 2.35. The number of thioether (sulfide) groups is 1. The molecule has 0 aliphatic carbocycles. The van der Waals surface area contributed by atoms with Gasteiger partial charge in [0.15, 0.2) is 23.7 Å². The standard InChI is InChI=1S/C21H21FN2O7S/c1-11(25)28-17-10-32-21(19(30-13(3)27)18(17)29-12(2)26)31-15-7-14(8-23-9-15)16-5-4-6-24-20(16)22/h4-9,17-19,21H,10H2,1-3H3/t17-,18+,19-,21+/m1/s1. The zero-order valence-corrected chi connectivity index (χ0v) is 18.3. The number of carbonyl (C=O) groups excluding carboxylic acids is 3. The summed E-state index contributed by atoms with van der Waals surface area (Å²) in [4.78, 5) is 42.6. The number of nitrogens with zero attached hydrogens (tertiary/aromatic N) is 2. The van der Waals surface area contributed by atoms with Gasteiger partial charge in [-0.05, 0) is 18.2 Å². The van der Waals surface area contributed by atoms with Gasteiger partial charge in [-0.15, -0.1) is 11.8 Å². The Bertz CT molecular complexity index is 1010. The van der Waals surface area contributed by atoms with Crippen molar-refractivity contribution in [3.8, 4) is 16.9 Å². The third-order valence-electron chi connectivity index (χ3n) is 4.34. The van der Waals surface area contributed by atoms with E-state index < -0.39 is 47.6 Å². The third-order valence-corrected chi connectivity index (χ3v) is 5.55. The van der Waals surface area contributed by atoms with Gasteiger partial charge in [0, 0.05) is 50.0 Å². The first-order chi connectivity index (χ1) is 15.2. The van der Waals surface area contributed by atoms with E-state index in [2.05, 4.69) is 9.97 Å². The van der Waals surface area contributed by atoms with Crippen LogP contribution in [0.15, 0.2) is 36.8 Å². The molecule has 1 aliphatic heterocycles. The van der Waals surface area contributed by atoms with E-state index >= 15 is 0 Å². The molecule has 0 N–H and O–H groups in total. The summed E-state index contributed by atoms with van der Waals surface area (Å²) in [5.74, 6) is -1.99. The second kappa shape index (κ2) is 10.4. The fourth-order valence-corrected chi connectivity index (χ4v) is 4.39. The minimum Gasteiger partial charge on any atom is -0.474 e. The number of rotatable bonds is 6. The number of aromatic nitrogens is 2. The predicted octanol–water partition coefficient (Wildman–Crippen LogP) is 2.53. The Morgan fingerprint density at radius 1 is 1.03 bits per heavy atom. The van der Waals surface area contributed by atoms with Crippen molar-refractivity contribution in [2.45, 2.75) is 44.5 Å². The van der Waals surface area contributed by atoms with E-state index in [4.69, 9.17) is 18.9 Å². The average molecular weight is 464 g/mol. The summed E-state index contributed by atoms with van der Waals surface area (Å²) < 4.78 is 36.0. The van der Waals surface area contributed by atoms with Crippen LogP contribution in [-0.4, -0.2) is 57.4 Å². The van der Waals surface area contributed by atoms with Crippen LogP contribution in [0, 0.1) is 5.95 Å². The minimum absolute atomic E-state index is 0.226. The van der Waals surface area contributed by atoms with E-state index in [1.54, 1.807) is 18.2 Å². The smallest absolute Gasteiger partial charge is 0.303 e. The molecule has 9 nitrogen and oxygen atoms in total. The van der Waals surface area contributed by atoms with E-state index in [1.165, 1.54) is 51.1 Å². The van der Waals surface area contributed by atoms with Crippen LogP contribution in [-0.2, 0) is 28.6 Å². The second-order valence-corrected chi connectivity index (χ2v) is 8.00. The predicted molar refractivity (Wildman–Crippen MR) is 111 cm³/mol. The SMILES string of the molecule is CC(=O)O[C@@H]1[C@@H](OC(C)=O)[C@@H](Oc2cncc(-c3cccnc3F)c2)SC[C@H]1OC(C)=O. The van der Waals surface area contributed by atoms with Crippen molar-refractivity contribution < 1.29 is 37.7 Å². The normalized spacial score (nSPS) is 22.5. The van der Waals surface area contributed by atoms with Crippen LogP contribution in [0.3, 0.4) is 0 Å². The number of hydrogen-bond donors (Lipinski definition) is 0. The summed E-state index contributed by atoms with van der Waals surface area (Å²) in [7, 11) is 0. The van der Waals surface area contributed by atoms with Gasteiger partial charge in [0.1, 0.15) is 5.75 Å². The van der Waals surface area contributed by atoms with Crippen LogP contribution in [0.1, 0.15) is 20.8 Å². The number of hydrogen-bond acceptors (Lipinski definition) is 10. The molecule has 0 amide bonds. The summed E-state index contributed by atoms with van der Waals surface area (Å²) >= 11 is 1.21. The molecule has 32 heavy (non-hydrogen) atoms. The fourth-order valence-electron chi connectivity index (χ4n) is 3.18. The minimum atomic E-state index is -1.07. The quantitative estimate of drug-likeness (QED) is 0.359. The number of esters is 3. The summed E-state index contributed by atoms with van der Waals surface area (Å²) in [5, 5.41) is 0. The van der Waals surface area contributed by atoms with Crippen molar-refractivity contribution >= 4 is 29.7 Å². The average Bonchev–Trinajstić information content (AvgIpc) is 2.72. The first kappa shape index (κ1) is 23.5. The molecule has 0 bridgehead atoms. The van der Waals surface area contributed by atoms with Crippen LogP contribution in [0.4, 0.5) is 4.39 Å². The van der Waals surface area contributed by atoms with Crippen LogP contribution >= 0.6 is 11.8 Å². The molecule has 3 heterocycles. The van der Waals surface area contributed by atoms with Crippen molar-refractivity contribution in [2.75, 3.05) is 5.75 Å². The Balaban J connectivity index is 1.88. The second-order valence-electron chi connectivity index (χ2n) is 6.87. The number of pyridine rings is 2. The van der Waals surface area contributed by atoms with Crippen molar-refractivity contribution in [1.82, 2.24) is 9.97 Å². The number of ether oxygens (including phenoxy) is 4. The van der Waals surface area contributed by atoms with Crippen molar-refractivity contribution in [1.29, 1.82) is 0 Å². The molecular weight excluding hydrogens is 443 g/mol. The van der Waals surface area contributed by atoms with Gasteiger partial charge < -0.3 is 18.9 Å². The maximum atomic E-state index is 14.1. The molecule has 0 aromatic carbocycles. The topological polar surface area (TPSA) is 114 Å². The van der Waals surface area contributed by atoms with Crippen molar-refractivity contribution in [3.63, 3.8) is 0 Å². The molecular formula is C21H21FN2O7S. The monoisotopic (exact) mass is 464 g/mol. The summed E-state index contributed by atoms with van der Waals surface area (Å²) in [6, 6.07) is 4.72. The lowest BCUT2D eigenvalue weighted by Gasteiger charge is -2.39. The summed E-state index contributed by atoms with van der Waals surface area (Å²) in [6.07, 6.45) is 1.24. The van der Waals surface area contributed by atoms with Crippen molar-refractivity contribution in [2.24, 2.45) is 0 Å². The molecule has 3 rings (SSSR count). The van der Waals surface area contributed by atoms with Gasteiger partial charge in [-0.2, -0.15) is 4.39 Å². The van der Waals surface area contributed by atoms with E-state index in [0.29, 0.717) is 5.56 Å². The highest BCUT2D eigenvalue weighted by molar-refractivity contribution is 7.99. The lowest BCUT2D eigenvalue weighted by Crippen LogP contribution is -2.55. The molecule has 1 saturated heterocycles. The van der Waals surface area contributed by atoms with Crippen molar-refractivity contribution in [3.05, 3.63) is 42.7 Å². The Morgan fingerprint density at radius 2 is 1.72 bits per heavy atom. The molecule has 2 aromatic rings. The Labute approximate surface area is 187 Å².